The molecule has 2 N–H and O–H groups in total. The molecule has 0 aromatic carbocycles. The lowest BCUT2D eigenvalue weighted by Crippen LogP contribution is -2.41. The molecule has 0 bridgehead atoms. The fourth-order valence-electron chi connectivity index (χ4n) is 3.15. The van der Waals surface area contributed by atoms with E-state index in [1.807, 2.05) is 0 Å². The second-order valence-electron chi connectivity index (χ2n) is 5.29. The Bertz CT molecular complexity index is 186. The van der Waals surface area contributed by atoms with Gasteiger partial charge in [0.2, 0.25) is 0 Å². The van der Waals surface area contributed by atoms with E-state index in [-0.39, 0.29) is 0 Å². The highest BCUT2D eigenvalue weighted by Crippen LogP contribution is 2.25. The molecule has 94 valence electrons. The zero-order chi connectivity index (χ0) is 11.2. The highest BCUT2D eigenvalue weighted by molar-refractivity contribution is 4.82. The molecule has 2 fully saturated rings. The molecule has 16 heavy (non-hydrogen) atoms. The van der Waals surface area contributed by atoms with Gasteiger partial charge in [-0.25, -0.2) is 0 Å². The smallest absolute Gasteiger partial charge is 0.0469 e. The lowest BCUT2D eigenvalue weighted by molar-refractivity contribution is 0.0506. The molecule has 0 saturated carbocycles. The van der Waals surface area contributed by atoms with Crippen LogP contribution in [0.3, 0.4) is 0 Å². The van der Waals surface area contributed by atoms with Crippen molar-refractivity contribution in [2.24, 2.45) is 11.8 Å². The SMILES string of the molecule is CNC(CC1CCCNC1)C1CCOCC1. The first kappa shape index (κ1) is 12.3. The van der Waals surface area contributed by atoms with Gasteiger partial charge in [0.05, 0.1) is 0 Å². The molecule has 0 aliphatic carbocycles. The third-order valence-corrected chi connectivity index (χ3v) is 4.19. The number of hydrogen-bond donors (Lipinski definition) is 2. The fraction of sp³-hybridized carbons (Fsp3) is 1.00. The van der Waals surface area contributed by atoms with E-state index in [1.165, 1.54) is 45.2 Å². The Hall–Kier alpha value is -0.120. The average Bonchev–Trinajstić information content (AvgIpc) is 2.38. The molecule has 2 aliphatic rings. The van der Waals surface area contributed by atoms with Crippen LogP contribution in [0.5, 0.6) is 0 Å². The van der Waals surface area contributed by atoms with Crippen molar-refractivity contribution in [1.29, 1.82) is 0 Å². The van der Waals surface area contributed by atoms with Gasteiger partial charge in [0, 0.05) is 19.3 Å². The largest absolute Gasteiger partial charge is 0.381 e. The summed E-state index contributed by atoms with van der Waals surface area (Å²) < 4.78 is 5.44. The van der Waals surface area contributed by atoms with E-state index < -0.39 is 0 Å². The maximum absolute atomic E-state index is 5.44. The topological polar surface area (TPSA) is 33.3 Å². The third kappa shape index (κ3) is 3.44. The summed E-state index contributed by atoms with van der Waals surface area (Å²) in [6.07, 6.45) is 6.59. The van der Waals surface area contributed by atoms with E-state index in [0.717, 1.165) is 25.0 Å². The summed E-state index contributed by atoms with van der Waals surface area (Å²) in [5.41, 5.74) is 0. The first-order chi connectivity index (χ1) is 7.90. The number of piperidine rings is 1. The molecule has 3 heteroatoms. The number of hydrogen-bond acceptors (Lipinski definition) is 3. The van der Waals surface area contributed by atoms with Gasteiger partial charge in [0.25, 0.3) is 0 Å². The maximum Gasteiger partial charge on any atom is 0.0469 e. The summed E-state index contributed by atoms with van der Waals surface area (Å²) in [6, 6.07) is 0.703. The second kappa shape index (κ2) is 6.58. The van der Waals surface area contributed by atoms with Gasteiger partial charge in [-0.15, -0.1) is 0 Å². The van der Waals surface area contributed by atoms with E-state index in [4.69, 9.17) is 4.74 Å². The first-order valence-electron chi connectivity index (χ1n) is 6.86. The quantitative estimate of drug-likeness (QED) is 0.760. The summed E-state index contributed by atoms with van der Waals surface area (Å²) >= 11 is 0. The van der Waals surface area contributed by atoms with E-state index in [9.17, 15) is 0 Å². The normalized spacial score (nSPS) is 30.2. The van der Waals surface area contributed by atoms with Gasteiger partial charge in [-0.2, -0.15) is 0 Å². The Labute approximate surface area is 99.3 Å². The first-order valence-corrected chi connectivity index (χ1v) is 6.86. The molecule has 2 saturated heterocycles. The molecular formula is C13H26N2O. The Morgan fingerprint density at radius 1 is 1.31 bits per heavy atom. The molecule has 2 rings (SSSR count). The number of rotatable bonds is 4. The molecule has 2 unspecified atom stereocenters. The lowest BCUT2D eigenvalue weighted by atomic mass is 9.83. The molecule has 0 aromatic heterocycles. The highest BCUT2D eigenvalue weighted by atomic mass is 16.5. The molecule has 0 radical (unpaired) electrons. The van der Waals surface area contributed by atoms with Crippen LogP contribution in [-0.2, 0) is 4.74 Å². The van der Waals surface area contributed by atoms with Crippen LogP contribution in [0.2, 0.25) is 0 Å². The molecule has 2 heterocycles. The van der Waals surface area contributed by atoms with Crippen molar-refractivity contribution in [3.63, 3.8) is 0 Å². The maximum atomic E-state index is 5.44. The zero-order valence-corrected chi connectivity index (χ0v) is 10.5. The summed E-state index contributed by atoms with van der Waals surface area (Å²) in [5.74, 6) is 1.72. The highest BCUT2D eigenvalue weighted by Gasteiger charge is 2.26. The molecule has 3 nitrogen and oxygen atoms in total. The predicted molar refractivity (Wildman–Crippen MR) is 66.6 cm³/mol. The van der Waals surface area contributed by atoms with Gasteiger partial charge >= 0.3 is 0 Å². The summed E-state index contributed by atoms with van der Waals surface area (Å²) in [7, 11) is 2.12. The minimum atomic E-state index is 0.703. The van der Waals surface area contributed by atoms with Crippen molar-refractivity contribution in [3.8, 4) is 0 Å². The second-order valence-corrected chi connectivity index (χ2v) is 5.29. The third-order valence-electron chi connectivity index (χ3n) is 4.19. The van der Waals surface area contributed by atoms with Crippen molar-refractivity contribution in [3.05, 3.63) is 0 Å². The van der Waals surface area contributed by atoms with Crippen LogP contribution in [0.1, 0.15) is 32.1 Å². The van der Waals surface area contributed by atoms with Gasteiger partial charge in [0.15, 0.2) is 0 Å². The zero-order valence-electron chi connectivity index (χ0n) is 10.5. The number of nitrogens with one attached hydrogen (secondary N) is 2. The lowest BCUT2D eigenvalue weighted by Gasteiger charge is -2.34. The van der Waals surface area contributed by atoms with Crippen molar-refractivity contribution >= 4 is 0 Å². The van der Waals surface area contributed by atoms with Crippen molar-refractivity contribution in [2.45, 2.75) is 38.1 Å². The van der Waals surface area contributed by atoms with Gasteiger partial charge < -0.3 is 15.4 Å². The van der Waals surface area contributed by atoms with Crippen LogP contribution in [-0.4, -0.2) is 39.4 Å². The van der Waals surface area contributed by atoms with E-state index in [0.29, 0.717) is 6.04 Å². The van der Waals surface area contributed by atoms with Crippen LogP contribution < -0.4 is 10.6 Å². The minimum Gasteiger partial charge on any atom is -0.381 e. The molecular weight excluding hydrogens is 200 g/mol. The van der Waals surface area contributed by atoms with E-state index in [2.05, 4.69) is 17.7 Å². The average molecular weight is 226 g/mol. The van der Waals surface area contributed by atoms with Gasteiger partial charge in [-0.05, 0) is 64.1 Å². The standard InChI is InChI=1S/C13H26N2O/c1-14-13(12-4-7-16-8-5-12)9-11-3-2-6-15-10-11/h11-15H,2-10H2,1H3. The van der Waals surface area contributed by atoms with Gasteiger partial charge in [0.1, 0.15) is 0 Å². The fourth-order valence-corrected chi connectivity index (χ4v) is 3.15. The van der Waals surface area contributed by atoms with Crippen LogP contribution in [0.4, 0.5) is 0 Å². The monoisotopic (exact) mass is 226 g/mol. The van der Waals surface area contributed by atoms with E-state index >= 15 is 0 Å². The molecule has 0 spiro atoms. The molecule has 2 atom stereocenters. The number of ether oxygens (including phenoxy) is 1. The molecule has 0 amide bonds. The van der Waals surface area contributed by atoms with Gasteiger partial charge in [-0.1, -0.05) is 0 Å². The summed E-state index contributed by atoms with van der Waals surface area (Å²) in [4.78, 5) is 0. The Morgan fingerprint density at radius 3 is 2.75 bits per heavy atom. The minimum absolute atomic E-state index is 0.703. The molecule has 2 aliphatic heterocycles. The summed E-state index contributed by atoms with van der Waals surface area (Å²) in [6.45, 7) is 4.37. The van der Waals surface area contributed by atoms with Crippen LogP contribution in [0.25, 0.3) is 0 Å². The van der Waals surface area contributed by atoms with Crippen LogP contribution >= 0.6 is 0 Å². The van der Waals surface area contributed by atoms with Crippen LogP contribution in [0.15, 0.2) is 0 Å². The van der Waals surface area contributed by atoms with Gasteiger partial charge in [-0.3, -0.25) is 0 Å². The van der Waals surface area contributed by atoms with E-state index in [1.54, 1.807) is 0 Å². The summed E-state index contributed by atoms with van der Waals surface area (Å²) in [5, 5.41) is 7.05. The predicted octanol–water partition coefficient (Wildman–Crippen LogP) is 1.39. The van der Waals surface area contributed by atoms with Crippen molar-refractivity contribution in [2.75, 3.05) is 33.4 Å². The molecule has 0 aromatic rings. The Kier molecular flexibility index (Phi) is 5.07. The Morgan fingerprint density at radius 2 is 2.12 bits per heavy atom. The van der Waals surface area contributed by atoms with Crippen molar-refractivity contribution in [1.82, 2.24) is 10.6 Å². The van der Waals surface area contributed by atoms with Crippen molar-refractivity contribution < 1.29 is 4.74 Å². The Balaban J connectivity index is 1.78. The van der Waals surface area contributed by atoms with Crippen LogP contribution in [0, 0.1) is 11.8 Å².